The monoisotopic (exact) mass is 353 g/mol. The van der Waals surface area contributed by atoms with E-state index in [9.17, 15) is 10.1 Å². The highest BCUT2D eigenvalue weighted by molar-refractivity contribution is 6.31. The number of hydrogen-bond acceptors (Lipinski definition) is 2. The molecule has 0 spiro atoms. The van der Waals surface area contributed by atoms with Crippen molar-refractivity contribution < 1.29 is 4.79 Å². The van der Waals surface area contributed by atoms with Crippen LogP contribution in [0.25, 0.3) is 6.08 Å². The molecule has 1 amide bonds. The fourth-order valence-electron chi connectivity index (χ4n) is 3.18. The van der Waals surface area contributed by atoms with Gasteiger partial charge in [-0.1, -0.05) is 30.5 Å². The van der Waals surface area contributed by atoms with E-state index in [4.69, 9.17) is 11.6 Å². The minimum atomic E-state index is -0.429. The standard InChI is InChI=1S/C20H20ClN3O/c1-14-6-7-17(21)11-19(14)23-20(25)16(12-22)10-15-8-9-24(13-15)18-4-2-3-5-18/h6-11,13,18H,2-5H2,1H3,(H,23,25)/b16-10+. The number of nitrogens with zero attached hydrogens (tertiary/aromatic N) is 2. The molecule has 1 fully saturated rings. The summed E-state index contributed by atoms with van der Waals surface area (Å²) in [7, 11) is 0. The van der Waals surface area contributed by atoms with Gasteiger partial charge in [-0.25, -0.2) is 0 Å². The average molecular weight is 354 g/mol. The molecule has 5 heteroatoms. The molecule has 0 atom stereocenters. The summed E-state index contributed by atoms with van der Waals surface area (Å²) in [5.41, 5.74) is 2.44. The smallest absolute Gasteiger partial charge is 0.266 e. The second-order valence-corrected chi connectivity index (χ2v) is 6.85. The molecule has 1 saturated carbocycles. The van der Waals surface area contributed by atoms with E-state index in [0.717, 1.165) is 11.1 Å². The normalized spacial score (nSPS) is 15.2. The quantitative estimate of drug-likeness (QED) is 0.613. The lowest BCUT2D eigenvalue weighted by Gasteiger charge is -2.10. The molecule has 25 heavy (non-hydrogen) atoms. The van der Waals surface area contributed by atoms with Crippen molar-refractivity contribution in [3.05, 3.63) is 58.4 Å². The number of nitriles is 1. The Morgan fingerprint density at radius 2 is 2.12 bits per heavy atom. The van der Waals surface area contributed by atoms with Crippen LogP contribution in [0.4, 0.5) is 5.69 Å². The first-order valence-corrected chi connectivity index (χ1v) is 8.81. The fourth-order valence-corrected chi connectivity index (χ4v) is 3.35. The summed E-state index contributed by atoms with van der Waals surface area (Å²) in [5.74, 6) is -0.429. The summed E-state index contributed by atoms with van der Waals surface area (Å²) < 4.78 is 2.19. The Morgan fingerprint density at radius 1 is 1.36 bits per heavy atom. The topological polar surface area (TPSA) is 57.8 Å². The van der Waals surface area contributed by atoms with Gasteiger partial charge in [0.2, 0.25) is 0 Å². The van der Waals surface area contributed by atoms with Crippen LogP contribution in [0.5, 0.6) is 0 Å². The number of halogens is 1. The van der Waals surface area contributed by atoms with E-state index in [2.05, 4.69) is 9.88 Å². The van der Waals surface area contributed by atoms with Gasteiger partial charge in [-0.15, -0.1) is 0 Å². The van der Waals surface area contributed by atoms with E-state index in [1.165, 1.54) is 25.7 Å². The molecule has 1 heterocycles. The molecule has 1 aliphatic carbocycles. The van der Waals surface area contributed by atoms with Gasteiger partial charge in [0, 0.05) is 29.1 Å². The van der Waals surface area contributed by atoms with Crippen LogP contribution in [-0.4, -0.2) is 10.5 Å². The van der Waals surface area contributed by atoms with Crippen LogP contribution in [0.1, 0.15) is 42.9 Å². The Kier molecular flexibility index (Phi) is 5.25. The van der Waals surface area contributed by atoms with Gasteiger partial charge in [0.1, 0.15) is 11.6 Å². The molecule has 3 rings (SSSR count). The lowest BCUT2D eigenvalue weighted by Crippen LogP contribution is -2.14. The predicted molar refractivity (Wildman–Crippen MR) is 100 cm³/mol. The molecule has 1 aromatic heterocycles. The molecule has 0 bridgehead atoms. The number of rotatable bonds is 4. The number of anilines is 1. The Balaban J connectivity index is 1.77. The maximum Gasteiger partial charge on any atom is 0.266 e. The number of carbonyl (C=O) groups excluding carboxylic acids is 1. The van der Waals surface area contributed by atoms with Gasteiger partial charge in [-0.05, 0) is 55.2 Å². The third-order valence-corrected chi connectivity index (χ3v) is 4.84. The van der Waals surface area contributed by atoms with Crippen LogP contribution in [0.15, 0.2) is 42.2 Å². The van der Waals surface area contributed by atoms with E-state index >= 15 is 0 Å². The summed E-state index contributed by atoms with van der Waals surface area (Å²) in [6.45, 7) is 1.88. The van der Waals surface area contributed by atoms with Gasteiger partial charge < -0.3 is 9.88 Å². The average Bonchev–Trinajstić information content (AvgIpc) is 3.27. The second kappa shape index (κ2) is 7.58. The van der Waals surface area contributed by atoms with Gasteiger partial charge in [0.05, 0.1) is 0 Å². The van der Waals surface area contributed by atoms with Gasteiger partial charge in [0.25, 0.3) is 5.91 Å². The third-order valence-electron chi connectivity index (χ3n) is 4.61. The lowest BCUT2D eigenvalue weighted by molar-refractivity contribution is -0.112. The second-order valence-electron chi connectivity index (χ2n) is 6.41. The van der Waals surface area contributed by atoms with Crippen LogP contribution in [0, 0.1) is 18.3 Å². The molecular weight excluding hydrogens is 334 g/mol. The van der Waals surface area contributed by atoms with Crippen LogP contribution >= 0.6 is 11.6 Å². The number of aryl methyl sites for hydroxylation is 1. The maximum absolute atomic E-state index is 12.4. The molecule has 128 valence electrons. The molecule has 2 aromatic rings. The summed E-state index contributed by atoms with van der Waals surface area (Å²) in [6, 6.07) is 9.74. The number of carbonyl (C=O) groups is 1. The highest BCUT2D eigenvalue weighted by Gasteiger charge is 2.17. The SMILES string of the molecule is Cc1ccc(Cl)cc1NC(=O)/C(C#N)=C/c1ccn(C2CCCC2)c1. The molecule has 1 aromatic carbocycles. The van der Waals surface area contributed by atoms with E-state index < -0.39 is 5.91 Å². The van der Waals surface area contributed by atoms with Crippen molar-refractivity contribution >= 4 is 29.3 Å². The highest BCUT2D eigenvalue weighted by atomic mass is 35.5. The summed E-state index contributed by atoms with van der Waals surface area (Å²) in [4.78, 5) is 12.4. The van der Waals surface area contributed by atoms with Crippen molar-refractivity contribution in [3.63, 3.8) is 0 Å². The van der Waals surface area contributed by atoms with E-state index in [1.54, 1.807) is 18.2 Å². The van der Waals surface area contributed by atoms with Crippen molar-refractivity contribution in [3.8, 4) is 6.07 Å². The van der Waals surface area contributed by atoms with Gasteiger partial charge in [0.15, 0.2) is 0 Å². The maximum atomic E-state index is 12.4. The van der Waals surface area contributed by atoms with Gasteiger partial charge in [-0.3, -0.25) is 4.79 Å². The molecule has 0 unspecified atom stereocenters. The van der Waals surface area contributed by atoms with Crippen molar-refractivity contribution in [2.45, 2.75) is 38.6 Å². The largest absolute Gasteiger partial charge is 0.351 e. The minimum Gasteiger partial charge on any atom is -0.351 e. The molecule has 0 saturated heterocycles. The number of nitrogens with one attached hydrogen (secondary N) is 1. The van der Waals surface area contributed by atoms with Crippen LogP contribution in [0.2, 0.25) is 5.02 Å². The van der Waals surface area contributed by atoms with Crippen LogP contribution < -0.4 is 5.32 Å². The number of aromatic nitrogens is 1. The van der Waals surface area contributed by atoms with Crippen LogP contribution in [0.3, 0.4) is 0 Å². The molecule has 0 radical (unpaired) electrons. The van der Waals surface area contributed by atoms with E-state index in [1.807, 2.05) is 37.5 Å². The zero-order valence-electron chi connectivity index (χ0n) is 14.1. The summed E-state index contributed by atoms with van der Waals surface area (Å²) in [5, 5.41) is 12.7. The summed E-state index contributed by atoms with van der Waals surface area (Å²) in [6.07, 6.45) is 10.6. The van der Waals surface area contributed by atoms with Crippen molar-refractivity contribution in [2.24, 2.45) is 0 Å². The first kappa shape index (κ1) is 17.3. The fraction of sp³-hybridized carbons (Fsp3) is 0.300. The molecule has 0 aliphatic heterocycles. The zero-order chi connectivity index (χ0) is 17.8. The lowest BCUT2D eigenvalue weighted by atomic mass is 10.1. The van der Waals surface area contributed by atoms with Crippen LogP contribution in [-0.2, 0) is 4.79 Å². The Hall–Kier alpha value is -2.51. The molecule has 4 nitrogen and oxygen atoms in total. The number of hydrogen-bond donors (Lipinski definition) is 1. The first-order valence-electron chi connectivity index (χ1n) is 8.43. The van der Waals surface area contributed by atoms with Crippen molar-refractivity contribution in [2.75, 3.05) is 5.32 Å². The van der Waals surface area contributed by atoms with E-state index in [0.29, 0.717) is 16.8 Å². The predicted octanol–water partition coefficient (Wildman–Crippen LogP) is 5.11. The number of amides is 1. The molecule has 1 aliphatic rings. The minimum absolute atomic E-state index is 0.0727. The molecular formula is C20H20ClN3O. The summed E-state index contributed by atoms with van der Waals surface area (Å²) >= 11 is 5.97. The zero-order valence-corrected chi connectivity index (χ0v) is 14.9. The number of benzene rings is 1. The highest BCUT2D eigenvalue weighted by Crippen LogP contribution is 2.30. The first-order chi connectivity index (χ1) is 12.1. The van der Waals surface area contributed by atoms with Gasteiger partial charge >= 0.3 is 0 Å². The van der Waals surface area contributed by atoms with Crippen molar-refractivity contribution in [1.82, 2.24) is 4.57 Å². The van der Waals surface area contributed by atoms with Gasteiger partial charge in [-0.2, -0.15) is 5.26 Å². The van der Waals surface area contributed by atoms with E-state index in [-0.39, 0.29) is 5.57 Å². The third kappa shape index (κ3) is 4.12. The Morgan fingerprint density at radius 3 is 2.84 bits per heavy atom. The Labute approximate surface area is 152 Å². The Bertz CT molecular complexity index is 854. The van der Waals surface area contributed by atoms with Crippen molar-refractivity contribution in [1.29, 1.82) is 5.26 Å². The molecule has 1 N–H and O–H groups in total.